The van der Waals surface area contributed by atoms with Crippen molar-refractivity contribution in [3.8, 4) is 5.75 Å². The van der Waals surface area contributed by atoms with Crippen molar-refractivity contribution in [3.05, 3.63) is 58.7 Å². The van der Waals surface area contributed by atoms with Gasteiger partial charge in [-0.05, 0) is 43.9 Å². The van der Waals surface area contributed by atoms with Crippen molar-refractivity contribution in [3.63, 3.8) is 0 Å². The van der Waals surface area contributed by atoms with Crippen molar-refractivity contribution >= 4 is 22.9 Å². The number of nitrogens with one attached hydrogen (secondary N) is 1. The summed E-state index contributed by atoms with van der Waals surface area (Å²) in [5.41, 5.74) is 5.92. The molecule has 0 fully saturated rings. The van der Waals surface area contributed by atoms with Crippen LogP contribution in [0.25, 0.3) is 0 Å². The number of aryl methyl sites for hydroxylation is 3. The van der Waals surface area contributed by atoms with Gasteiger partial charge >= 0.3 is 0 Å². The number of hydrogen-bond donors (Lipinski definition) is 1. The first kappa shape index (κ1) is 17.5. The fourth-order valence-electron chi connectivity index (χ4n) is 2.57. The molecule has 0 amide bonds. The van der Waals surface area contributed by atoms with Crippen molar-refractivity contribution in [2.75, 3.05) is 5.32 Å². The lowest BCUT2D eigenvalue weighted by atomic mass is 10.0. The largest absolute Gasteiger partial charge is 0.489 e. The van der Waals surface area contributed by atoms with E-state index in [1.54, 1.807) is 0 Å². The Kier molecular flexibility index (Phi) is 6.17. The summed E-state index contributed by atoms with van der Waals surface area (Å²) in [5, 5.41) is 3.39. The Hall–Kier alpha value is -1.87. The molecule has 23 heavy (non-hydrogen) atoms. The Morgan fingerprint density at radius 3 is 2.48 bits per heavy atom. The van der Waals surface area contributed by atoms with Gasteiger partial charge in [0.25, 0.3) is 0 Å². The zero-order chi connectivity index (χ0) is 16.8. The highest BCUT2D eigenvalue weighted by Crippen LogP contribution is 2.26. The quantitative estimate of drug-likeness (QED) is 0.698. The number of ether oxygens (including phenoxy) is 1. The molecule has 2 aromatic rings. The van der Waals surface area contributed by atoms with Crippen molar-refractivity contribution in [1.29, 1.82) is 0 Å². The van der Waals surface area contributed by atoms with Crippen LogP contribution in [0, 0.1) is 13.8 Å². The van der Waals surface area contributed by atoms with Gasteiger partial charge in [0.1, 0.15) is 12.4 Å². The fraction of sp³-hybridized carbons (Fsp3) is 0.350. The van der Waals surface area contributed by atoms with Crippen molar-refractivity contribution < 1.29 is 4.74 Å². The molecule has 1 N–H and O–H groups in total. The van der Waals surface area contributed by atoms with Gasteiger partial charge in [-0.25, -0.2) is 0 Å². The Morgan fingerprint density at radius 1 is 1.09 bits per heavy atom. The van der Waals surface area contributed by atoms with E-state index in [0.29, 0.717) is 6.61 Å². The second-order valence-corrected chi connectivity index (χ2v) is 6.26. The first-order chi connectivity index (χ1) is 11.0. The lowest BCUT2D eigenvalue weighted by Crippen LogP contribution is -2.12. The number of benzene rings is 2. The van der Waals surface area contributed by atoms with Crippen LogP contribution in [0.2, 0.25) is 0 Å². The molecule has 0 aliphatic carbocycles. The molecule has 2 nitrogen and oxygen atoms in total. The van der Waals surface area contributed by atoms with E-state index in [4.69, 9.17) is 17.0 Å². The van der Waals surface area contributed by atoms with Gasteiger partial charge in [-0.3, -0.25) is 0 Å². The van der Waals surface area contributed by atoms with E-state index in [1.165, 1.54) is 11.1 Å². The van der Waals surface area contributed by atoms with Crippen molar-refractivity contribution in [2.24, 2.45) is 0 Å². The molecule has 0 unspecified atom stereocenters. The molecule has 2 rings (SSSR count). The molecular formula is C20H25NOS. The van der Waals surface area contributed by atoms with Crippen LogP contribution >= 0.6 is 12.2 Å². The maximum Gasteiger partial charge on any atom is 0.122 e. The molecular weight excluding hydrogens is 302 g/mol. The van der Waals surface area contributed by atoms with Crippen molar-refractivity contribution in [1.82, 2.24) is 0 Å². The summed E-state index contributed by atoms with van der Waals surface area (Å²) >= 11 is 5.37. The minimum Gasteiger partial charge on any atom is -0.489 e. The highest BCUT2D eigenvalue weighted by Gasteiger charge is 2.10. The van der Waals surface area contributed by atoms with E-state index < -0.39 is 0 Å². The summed E-state index contributed by atoms with van der Waals surface area (Å²) in [5.74, 6) is 0.932. The lowest BCUT2D eigenvalue weighted by Gasteiger charge is -2.17. The maximum atomic E-state index is 6.05. The predicted molar refractivity (Wildman–Crippen MR) is 103 cm³/mol. The average molecular weight is 327 g/mol. The molecule has 0 radical (unpaired) electrons. The van der Waals surface area contributed by atoms with Gasteiger partial charge in [-0.2, -0.15) is 0 Å². The SMILES string of the molecule is CCC(=S)Nc1c(CC)cccc1COc1ccc(C)cc1C. The maximum absolute atomic E-state index is 6.05. The minimum absolute atomic E-state index is 0.534. The van der Waals surface area contributed by atoms with Gasteiger partial charge in [0.2, 0.25) is 0 Å². The third-order valence-corrected chi connectivity index (χ3v) is 4.31. The first-order valence-electron chi connectivity index (χ1n) is 8.15. The summed E-state index contributed by atoms with van der Waals surface area (Å²) in [6.45, 7) is 8.93. The van der Waals surface area contributed by atoms with Gasteiger partial charge in [0.15, 0.2) is 0 Å². The highest BCUT2D eigenvalue weighted by molar-refractivity contribution is 7.80. The summed E-state index contributed by atoms with van der Waals surface area (Å²) in [4.78, 5) is 0.860. The first-order valence-corrected chi connectivity index (χ1v) is 8.56. The minimum atomic E-state index is 0.534. The van der Waals surface area contributed by atoms with Crippen LogP contribution in [0.15, 0.2) is 36.4 Å². The Morgan fingerprint density at radius 2 is 1.83 bits per heavy atom. The van der Waals surface area contributed by atoms with E-state index >= 15 is 0 Å². The molecule has 0 bridgehead atoms. The number of thiocarbonyl (C=S) groups is 1. The monoisotopic (exact) mass is 327 g/mol. The standard InChI is InChI=1S/C20H25NOS/c1-5-16-8-7-9-17(20(16)21-19(23)6-2)13-22-18-11-10-14(3)12-15(18)4/h7-12H,5-6,13H2,1-4H3,(H,21,23). The van der Waals surface area contributed by atoms with E-state index in [0.717, 1.165) is 40.4 Å². The van der Waals surface area contributed by atoms with Crippen molar-refractivity contribution in [2.45, 2.75) is 47.1 Å². The van der Waals surface area contributed by atoms with Gasteiger partial charge < -0.3 is 10.1 Å². The molecule has 2 aromatic carbocycles. The van der Waals surface area contributed by atoms with Crippen LogP contribution in [-0.4, -0.2) is 4.99 Å². The smallest absolute Gasteiger partial charge is 0.122 e. The number of para-hydroxylation sites is 1. The molecule has 0 saturated heterocycles. The summed E-state index contributed by atoms with van der Waals surface area (Å²) in [7, 11) is 0. The normalized spacial score (nSPS) is 10.4. The van der Waals surface area contributed by atoms with Crippen LogP contribution in [0.4, 0.5) is 5.69 Å². The van der Waals surface area contributed by atoms with E-state index in [2.05, 4.69) is 63.3 Å². The molecule has 0 atom stereocenters. The number of rotatable bonds is 6. The number of hydrogen-bond acceptors (Lipinski definition) is 2. The van der Waals surface area contributed by atoms with E-state index in [1.807, 2.05) is 6.07 Å². The molecule has 0 spiro atoms. The summed E-state index contributed by atoms with van der Waals surface area (Å²) < 4.78 is 6.05. The number of anilines is 1. The highest BCUT2D eigenvalue weighted by atomic mass is 32.1. The molecule has 122 valence electrons. The zero-order valence-corrected chi connectivity index (χ0v) is 15.2. The molecule has 0 aromatic heterocycles. The summed E-state index contributed by atoms with van der Waals surface area (Å²) in [6.07, 6.45) is 1.80. The second-order valence-electron chi connectivity index (χ2n) is 5.76. The van der Waals surface area contributed by atoms with Gasteiger partial charge in [-0.15, -0.1) is 0 Å². The molecule has 0 heterocycles. The van der Waals surface area contributed by atoms with Gasteiger partial charge in [-0.1, -0.05) is 62.0 Å². The summed E-state index contributed by atoms with van der Waals surface area (Å²) in [6, 6.07) is 12.6. The molecule has 0 saturated carbocycles. The van der Waals surface area contributed by atoms with Crippen LogP contribution in [0.3, 0.4) is 0 Å². The Labute approximate surface area is 144 Å². The van der Waals surface area contributed by atoms with E-state index in [-0.39, 0.29) is 0 Å². The molecule has 0 aliphatic rings. The predicted octanol–water partition coefficient (Wildman–Crippen LogP) is 5.59. The van der Waals surface area contributed by atoms with E-state index in [9.17, 15) is 0 Å². The topological polar surface area (TPSA) is 21.3 Å². The van der Waals surface area contributed by atoms with Crippen LogP contribution < -0.4 is 10.1 Å². The molecule has 0 aliphatic heterocycles. The molecule has 3 heteroatoms. The Balaban J connectivity index is 2.23. The van der Waals surface area contributed by atoms with Crippen LogP contribution in [0.1, 0.15) is 42.5 Å². The average Bonchev–Trinajstić information content (AvgIpc) is 2.54. The lowest BCUT2D eigenvalue weighted by molar-refractivity contribution is 0.304. The van der Waals surface area contributed by atoms with Gasteiger partial charge in [0, 0.05) is 11.3 Å². The second kappa shape index (κ2) is 8.11. The fourth-order valence-corrected chi connectivity index (χ4v) is 2.68. The third kappa shape index (κ3) is 4.55. The third-order valence-electron chi connectivity index (χ3n) is 3.92. The van der Waals surface area contributed by atoms with Crippen LogP contribution in [0.5, 0.6) is 5.75 Å². The van der Waals surface area contributed by atoms with Crippen LogP contribution in [-0.2, 0) is 13.0 Å². The Bertz CT molecular complexity index is 694. The van der Waals surface area contributed by atoms with Gasteiger partial charge in [0.05, 0.1) is 4.99 Å². The zero-order valence-electron chi connectivity index (χ0n) is 14.4.